The Bertz CT molecular complexity index is 842. The molecule has 4 rings (SSSR count). The molecular formula is C17H18N4O2S. The molecule has 0 spiro atoms. The smallest absolute Gasteiger partial charge is 0.251 e. The van der Waals surface area contributed by atoms with Crippen LogP contribution in [0.1, 0.15) is 19.3 Å². The van der Waals surface area contributed by atoms with E-state index in [4.69, 9.17) is 12.2 Å². The Morgan fingerprint density at radius 1 is 1.38 bits per heavy atom. The fourth-order valence-electron chi connectivity index (χ4n) is 3.21. The molecule has 6 nitrogen and oxygen atoms in total. The molecule has 2 fully saturated rings. The predicted octanol–water partition coefficient (Wildman–Crippen LogP) is 2.09. The molecule has 1 atom stereocenters. The van der Waals surface area contributed by atoms with Crippen LogP contribution < -0.4 is 5.32 Å². The second-order valence-electron chi connectivity index (χ2n) is 6.37. The van der Waals surface area contributed by atoms with Gasteiger partial charge in [-0.05, 0) is 48.6 Å². The van der Waals surface area contributed by atoms with Gasteiger partial charge in [0.1, 0.15) is 6.04 Å². The molecule has 1 aromatic carbocycles. The van der Waals surface area contributed by atoms with Crippen LogP contribution in [0.3, 0.4) is 0 Å². The summed E-state index contributed by atoms with van der Waals surface area (Å²) in [6, 6.07) is 7.49. The molecule has 2 heterocycles. The molecule has 2 amide bonds. The number of benzene rings is 1. The van der Waals surface area contributed by atoms with Gasteiger partial charge in [-0.15, -0.1) is 0 Å². The number of H-pyrrole nitrogens is 1. The second kappa shape index (κ2) is 5.59. The number of nitrogens with zero attached hydrogens (tertiary/aromatic N) is 2. The van der Waals surface area contributed by atoms with Crippen LogP contribution in [0, 0.1) is 0 Å². The Kier molecular flexibility index (Phi) is 3.53. The minimum absolute atomic E-state index is 0.0955. The number of likely N-dealkylation sites (N-methyl/N-ethyl adjacent to an activating group) is 1. The van der Waals surface area contributed by atoms with Gasteiger partial charge in [0.25, 0.3) is 5.91 Å². The summed E-state index contributed by atoms with van der Waals surface area (Å²) in [5, 5.41) is 4.51. The van der Waals surface area contributed by atoms with Crippen LogP contribution >= 0.6 is 12.2 Å². The number of thiocarbonyl (C=S) groups is 1. The van der Waals surface area contributed by atoms with Gasteiger partial charge in [-0.1, -0.05) is 6.07 Å². The maximum Gasteiger partial charge on any atom is 0.251 e. The maximum atomic E-state index is 12.4. The lowest BCUT2D eigenvalue weighted by Crippen LogP contribution is -2.39. The first-order valence-corrected chi connectivity index (χ1v) is 8.42. The van der Waals surface area contributed by atoms with Crippen molar-refractivity contribution in [3.05, 3.63) is 30.5 Å². The molecule has 2 aromatic rings. The third kappa shape index (κ3) is 2.54. The van der Waals surface area contributed by atoms with Crippen LogP contribution in [0.15, 0.2) is 30.5 Å². The number of rotatable bonds is 4. The molecule has 1 aliphatic heterocycles. The van der Waals surface area contributed by atoms with Crippen molar-refractivity contribution in [1.29, 1.82) is 0 Å². The third-order valence-electron chi connectivity index (χ3n) is 4.62. The summed E-state index contributed by atoms with van der Waals surface area (Å²) < 4.78 is 0. The number of fused-ring (bicyclic) bond motifs is 1. The highest BCUT2D eigenvalue weighted by Crippen LogP contribution is 2.34. The second-order valence-corrected chi connectivity index (χ2v) is 6.73. The molecule has 124 valence electrons. The molecule has 1 unspecified atom stereocenters. The van der Waals surface area contributed by atoms with Crippen molar-refractivity contribution in [2.45, 2.75) is 31.3 Å². The summed E-state index contributed by atoms with van der Waals surface area (Å²) in [7, 11) is 1.68. The summed E-state index contributed by atoms with van der Waals surface area (Å²) in [6.07, 6.45) is 4.03. The number of aromatic nitrogens is 1. The van der Waals surface area contributed by atoms with E-state index in [0.717, 1.165) is 23.7 Å². The van der Waals surface area contributed by atoms with E-state index in [1.54, 1.807) is 7.05 Å². The zero-order chi connectivity index (χ0) is 16.8. The first-order chi connectivity index (χ1) is 11.5. The molecular weight excluding hydrogens is 324 g/mol. The Hall–Kier alpha value is -2.41. The van der Waals surface area contributed by atoms with Gasteiger partial charge in [-0.2, -0.15) is 0 Å². The zero-order valence-electron chi connectivity index (χ0n) is 13.3. The van der Waals surface area contributed by atoms with Crippen molar-refractivity contribution in [2.24, 2.45) is 0 Å². The Balaban J connectivity index is 1.48. The van der Waals surface area contributed by atoms with Gasteiger partial charge in [0.15, 0.2) is 5.11 Å². The van der Waals surface area contributed by atoms with Crippen LogP contribution in [-0.4, -0.2) is 50.8 Å². The van der Waals surface area contributed by atoms with Gasteiger partial charge in [-0.3, -0.25) is 14.5 Å². The van der Waals surface area contributed by atoms with Gasteiger partial charge in [0.05, 0.1) is 6.42 Å². The highest BCUT2D eigenvalue weighted by molar-refractivity contribution is 7.80. The molecule has 1 aliphatic carbocycles. The van der Waals surface area contributed by atoms with Crippen LogP contribution in [0.25, 0.3) is 10.9 Å². The van der Waals surface area contributed by atoms with E-state index < -0.39 is 6.04 Å². The molecule has 7 heteroatoms. The summed E-state index contributed by atoms with van der Waals surface area (Å²) in [4.78, 5) is 31.4. The summed E-state index contributed by atoms with van der Waals surface area (Å²) in [6.45, 7) is 0. The van der Waals surface area contributed by atoms with Crippen molar-refractivity contribution in [3.8, 4) is 0 Å². The van der Waals surface area contributed by atoms with E-state index in [1.165, 1.54) is 4.90 Å². The number of carbonyl (C=O) groups is 2. The number of amides is 2. The number of nitrogens with one attached hydrogen (secondary N) is 2. The molecule has 1 saturated heterocycles. The van der Waals surface area contributed by atoms with E-state index in [1.807, 2.05) is 35.4 Å². The topological polar surface area (TPSA) is 68.4 Å². The Labute approximate surface area is 144 Å². The van der Waals surface area contributed by atoms with Crippen molar-refractivity contribution < 1.29 is 9.59 Å². The quantitative estimate of drug-likeness (QED) is 0.835. The molecule has 0 bridgehead atoms. The standard InChI is InChI=1S/C17H18N4O2S/c1-20-16(23)14(21(17(20)24)12-4-5-12)9-15(22)19-11-3-2-10-6-7-18-13(10)8-11/h2-3,6-8,12,14,18H,4-5,9H2,1H3,(H,19,22). The normalized spacial score (nSPS) is 21.0. The van der Waals surface area contributed by atoms with Crippen molar-refractivity contribution in [1.82, 2.24) is 14.8 Å². The number of hydrogen-bond acceptors (Lipinski definition) is 3. The maximum absolute atomic E-state index is 12.4. The van der Waals surface area contributed by atoms with Crippen LogP contribution in [0.2, 0.25) is 0 Å². The lowest BCUT2D eigenvalue weighted by Gasteiger charge is -2.23. The van der Waals surface area contributed by atoms with Gasteiger partial charge in [-0.25, -0.2) is 0 Å². The summed E-state index contributed by atoms with van der Waals surface area (Å²) in [5.74, 6) is -0.273. The van der Waals surface area contributed by atoms with Gasteiger partial charge < -0.3 is 15.2 Å². The molecule has 2 aliphatic rings. The average molecular weight is 342 g/mol. The van der Waals surface area contributed by atoms with Gasteiger partial charge in [0, 0.05) is 30.5 Å². The molecule has 2 N–H and O–H groups in total. The minimum Gasteiger partial charge on any atom is -0.361 e. The first kappa shape index (κ1) is 15.1. The first-order valence-electron chi connectivity index (χ1n) is 8.01. The average Bonchev–Trinajstić information content (AvgIpc) is 3.24. The zero-order valence-corrected chi connectivity index (χ0v) is 14.1. The number of aromatic amines is 1. The summed E-state index contributed by atoms with van der Waals surface area (Å²) in [5.41, 5.74) is 1.68. The molecule has 0 radical (unpaired) electrons. The third-order valence-corrected chi connectivity index (χ3v) is 5.10. The van der Waals surface area contributed by atoms with Crippen molar-refractivity contribution >= 4 is 45.7 Å². The van der Waals surface area contributed by atoms with E-state index in [9.17, 15) is 9.59 Å². The van der Waals surface area contributed by atoms with Crippen LogP contribution in [0.5, 0.6) is 0 Å². The van der Waals surface area contributed by atoms with Crippen molar-refractivity contribution in [3.63, 3.8) is 0 Å². The fourth-order valence-corrected chi connectivity index (χ4v) is 3.57. The highest BCUT2D eigenvalue weighted by atomic mass is 32.1. The molecule has 1 saturated carbocycles. The van der Waals surface area contributed by atoms with Gasteiger partial charge in [0.2, 0.25) is 5.91 Å². The highest BCUT2D eigenvalue weighted by Gasteiger charge is 2.47. The minimum atomic E-state index is -0.482. The Morgan fingerprint density at radius 3 is 2.92 bits per heavy atom. The van der Waals surface area contributed by atoms with E-state index in [-0.39, 0.29) is 18.2 Å². The molecule has 1 aromatic heterocycles. The fraction of sp³-hybridized carbons (Fsp3) is 0.353. The van der Waals surface area contributed by atoms with Gasteiger partial charge >= 0.3 is 0 Å². The molecule has 24 heavy (non-hydrogen) atoms. The van der Waals surface area contributed by atoms with E-state index in [2.05, 4.69) is 10.3 Å². The van der Waals surface area contributed by atoms with Crippen molar-refractivity contribution in [2.75, 3.05) is 12.4 Å². The number of carbonyl (C=O) groups excluding carboxylic acids is 2. The van der Waals surface area contributed by atoms with Crippen LogP contribution in [-0.2, 0) is 9.59 Å². The Morgan fingerprint density at radius 2 is 2.17 bits per heavy atom. The lowest BCUT2D eigenvalue weighted by molar-refractivity contribution is -0.130. The largest absolute Gasteiger partial charge is 0.361 e. The van der Waals surface area contributed by atoms with E-state index in [0.29, 0.717) is 16.8 Å². The number of hydrogen-bond donors (Lipinski definition) is 2. The summed E-state index contributed by atoms with van der Waals surface area (Å²) >= 11 is 5.35. The van der Waals surface area contributed by atoms with Crippen LogP contribution in [0.4, 0.5) is 5.69 Å². The SMILES string of the molecule is CN1C(=O)C(CC(=O)Nc2ccc3cc[nH]c3c2)N(C2CC2)C1=S. The number of anilines is 1. The monoisotopic (exact) mass is 342 g/mol. The van der Waals surface area contributed by atoms with E-state index >= 15 is 0 Å². The lowest BCUT2D eigenvalue weighted by atomic mass is 10.1. The predicted molar refractivity (Wildman–Crippen MR) is 95.6 cm³/mol.